The van der Waals surface area contributed by atoms with E-state index in [4.69, 9.17) is 0 Å². The van der Waals surface area contributed by atoms with Crippen LogP contribution in [-0.2, 0) is 31.4 Å². The molecule has 4 rings (SSSR count). The molecule has 1 amide bonds. The maximum absolute atomic E-state index is 12.5. The smallest absolute Gasteiger partial charge is 0.345 e. The van der Waals surface area contributed by atoms with Crippen LogP contribution in [-0.4, -0.2) is 30.2 Å². The van der Waals surface area contributed by atoms with Crippen LogP contribution in [0.2, 0.25) is 0 Å². The fraction of sp³-hybridized carbons (Fsp3) is 0.444. The first-order valence-corrected chi connectivity index (χ1v) is 8.79. The van der Waals surface area contributed by atoms with Crippen molar-refractivity contribution < 1.29 is 4.79 Å². The van der Waals surface area contributed by atoms with Gasteiger partial charge in [0.15, 0.2) is 0 Å². The number of aromatic amines is 1. The van der Waals surface area contributed by atoms with Crippen LogP contribution in [0.4, 0.5) is 0 Å². The van der Waals surface area contributed by atoms with Gasteiger partial charge in [-0.3, -0.25) is 9.36 Å². The Bertz CT molecular complexity index is 1060. The standard InChI is InChI=1S/C18H22N6O2/c1-10-4-6-13-16(11(10)2)21-14(20-13)8-19-17(25)12-5-7-15-22-23(3)18(26)24(15)9-12/h4,6,12H,5,7-9H2,1-3H3,(H,19,25)(H,20,21). The van der Waals surface area contributed by atoms with Gasteiger partial charge in [-0.15, -0.1) is 0 Å². The summed E-state index contributed by atoms with van der Waals surface area (Å²) < 4.78 is 2.93. The van der Waals surface area contributed by atoms with E-state index in [9.17, 15) is 9.59 Å². The van der Waals surface area contributed by atoms with Crippen molar-refractivity contribution in [3.63, 3.8) is 0 Å². The second kappa shape index (κ2) is 6.12. The number of aromatic nitrogens is 5. The SMILES string of the molecule is Cc1ccc2[nH]c(CNC(=O)C3CCc4nn(C)c(=O)n4C3)nc2c1C. The third-order valence-corrected chi connectivity index (χ3v) is 5.23. The molecule has 0 spiro atoms. The number of nitrogens with zero attached hydrogens (tertiary/aromatic N) is 4. The third-order valence-electron chi connectivity index (χ3n) is 5.23. The third kappa shape index (κ3) is 2.71. The van der Waals surface area contributed by atoms with Crippen LogP contribution in [0.15, 0.2) is 16.9 Å². The molecule has 2 N–H and O–H groups in total. The summed E-state index contributed by atoms with van der Waals surface area (Å²) in [6.45, 7) is 4.83. The summed E-state index contributed by atoms with van der Waals surface area (Å²) in [5.74, 6) is 1.21. The number of nitrogens with one attached hydrogen (secondary N) is 2. The molecule has 0 fully saturated rings. The fourth-order valence-corrected chi connectivity index (χ4v) is 3.52. The predicted octanol–water partition coefficient (Wildman–Crippen LogP) is 0.954. The molecule has 1 unspecified atom stereocenters. The Morgan fingerprint density at radius 2 is 2.19 bits per heavy atom. The molecule has 26 heavy (non-hydrogen) atoms. The van der Waals surface area contributed by atoms with Crippen LogP contribution in [0.25, 0.3) is 11.0 Å². The van der Waals surface area contributed by atoms with E-state index in [1.807, 2.05) is 13.0 Å². The van der Waals surface area contributed by atoms with Crippen LogP contribution < -0.4 is 11.0 Å². The zero-order valence-corrected chi connectivity index (χ0v) is 15.2. The first-order valence-electron chi connectivity index (χ1n) is 8.79. The highest BCUT2D eigenvalue weighted by molar-refractivity contribution is 5.80. The van der Waals surface area contributed by atoms with Crippen LogP contribution >= 0.6 is 0 Å². The number of carbonyl (C=O) groups excluding carboxylic acids is 1. The lowest BCUT2D eigenvalue weighted by Gasteiger charge is -2.21. The van der Waals surface area contributed by atoms with Crippen LogP contribution in [0.5, 0.6) is 0 Å². The number of imidazole rings is 1. The lowest BCUT2D eigenvalue weighted by Crippen LogP contribution is -2.38. The van der Waals surface area contributed by atoms with Crippen molar-refractivity contribution in [1.29, 1.82) is 0 Å². The van der Waals surface area contributed by atoms with Gasteiger partial charge in [0.1, 0.15) is 11.6 Å². The molecule has 0 saturated carbocycles. The molecule has 1 atom stereocenters. The van der Waals surface area contributed by atoms with Crippen molar-refractivity contribution in [2.75, 3.05) is 0 Å². The van der Waals surface area contributed by atoms with Gasteiger partial charge in [-0.2, -0.15) is 5.10 Å². The van der Waals surface area contributed by atoms with Gasteiger partial charge in [-0.1, -0.05) is 6.07 Å². The lowest BCUT2D eigenvalue weighted by molar-refractivity contribution is -0.126. The number of fused-ring (bicyclic) bond motifs is 2. The maximum Gasteiger partial charge on any atom is 0.345 e. The minimum absolute atomic E-state index is 0.0558. The zero-order chi connectivity index (χ0) is 18.4. The summed E-state index contributed by atoms with van der Waals surface area (Å²) in [6, 6.07) is 4.07. The lowest BCUT2D eigenvalue weighted by atomic mass is 9.98. The number of hydrogen-bond donors (Lipinski definition) is 2. The molecule has 1 aliphatic heterocycles. The quantitative estimate of drug-likeness (QED) is 0.732. The molecule has 3 aromatic rings. The number of rotatable bonds is 3. The van der Waals surface area contributed by atoms with E-state index < -0.39 is 0 Å². The van der Waals surface area contributed by atoms with Gasteiger partial charge in [0, 0.05) is 20.0 Å². The largest absolute Gasteiger partial charge is 0.349 e. The molecule has 8 heteroatoms. The minimum Gasteiger partial charge on any atom is -0.349 e. The molecule has 136 valence electrons. The molecular weight excluding hydrogens is 332 g/mol. The number of hydrogen-bond acceptors (Lipinski definition) is 4. The van der Waals surface area contributed by atoms with E-state index in [1.165, 1.54) is 10.2 Å². The predicted molar refractivity (Wildman–Crippen MR) is 96.7 cm³/mol. The number of aryl methyl sites for hydroxylation is 4. The molecule has 3 heterocycles. The topological polar surface area (TPSA) is 97.6 Å². The van der Waals surface area contributed by atoms with Crippen molar-refractivity contribution in [2.24, 2.45) is 13.0 Å². The first kappa shape index (κ1) is 16.6. The highest BCUT2D eigenvalue weighted by Crippen LogP contribution is 2.20. The Morgan fingerprint density at radius 3 is 3.00 bits per heavy atom. The van der Waals surface area contributed by atoms with Gasteiger partial charge in [0.25, 0.3) is 0 Å². The maximum atomic E-state index is 12.5. The monoisotopic (exact) mass is 354 g/mol. The number of carbonyl (C=O) groups is 1. The molecule has 8 nitrogen and oxygen atoms in total. The summed E-state index contributed by atoms with van der Waals surface area (Å²) in [6.07, 6.45) is 1.33. The summed E-state index contributed by atoms with van der Waals surface area (Å²) in [5.41, 5.74) is 4.09. The average molecular weight is 354 g/mol. The summed E-state index contributed by atoms with van der Waals surface area (Å²) in [4.78, 5) is 32.4. The second-order valence-corrected chi connectivity index (χ2v) is 6.97. The van der Waals surface area contributed by atoms with Crippen molar-refractivity contribution in [3.05, 3.63) is 45.4 Å². The molecule has 0 aliphatic carbocycles. The minimum atomic E-state index is -0.224. The molecular formula is C18H22N6O2. The van der Waals surface area contributed by atoms with Gasteiger partial charge in [-0.25, -0.2) is 14.5 Å². The van der Waals surface area contributed by atoms with E-state index in [1.54, 1.807) is 11.6 Å². The Hall–Kier alpha value is -2.90. The molecule has 0 saturated heterocycles. The van der Waals surface area contributed by atoms with E-state index >= 15 is 0 Å². The average Bonchev–Trinajstić information content (AvgIpc) is 3.18. The van der Waals surface area contributed by atoms with Gasteiger partial charge in [-0.05, 0) is 37.5 Å². The number of amides is 1. The Kier molecular flexibility index (Phi) is 3.90. The molecule has 0 radical (unpaired) electrons. The van der Waals surface area contributed by atoms with Gasteiger partial charge in [0.2, 0.25) is 5.91 Å². The van der Waals surface area contributed by atoms with Crippen molar-refractivity contribution in [2.45, 2.75) is 39.8 Å². The highest BCUT2D eigenvalue weighted by Gasteiger charge is 2.27. The van der Waals surface area contributed by atoms with Gasteiger partial charge < -0.3 is 10.3 Å². The normalized spacial score (nSPS) is 16.7. The van der Waals surface area contributed by atoms with Crippen LogP contribution in [0.3, 0.4) is 0 Å². The fourth-order valence-electron chi connectivity index (χ4n) is 3.52. The van der Waals surface area contributed by atoms with Crippen molar-refractivity contribution in [3.8, 4) is 0 Å². The number of benzene rings is 1. The van der Waals surface area contributed by atoms with Crippen molar-refractivity contribution in [1.82, 2.24) is 29.6 Å². The highest BCUT2D eigenvalue weighted by atomic mass is 16.2. The Labute approximate surface area is 150 Å². The summed E-state index contributed by atoms with van der Waals surface area (Å²) in [5, 5.41) is 7.14. The first-order chi connectivity index (χ1) is 12.4. The van der Waals surface area contributed by atoms with Gasteiger partial charge >= 0.3 is 5.69 Å². The van der Waals surface area contributed by atoms with E-state index in [0.717, 1.165) is 28.2 Å². The molecule has 1 aliphatic rings. The molecule has 1 aromatic carbocycles. The molecule has 2 aromatic heterocycles. The zero-order valence-electron chi connectivity index (χ0n) is 15.2. The van der Waals surface area contributed by atoms with Crippen molar-refractivity contribution >= 4 is 16.9 Å². The van der Waals surface area contributed by atoms with E-state index in [2.05, 4.69) is 33.4 Å². The van der Waals surface area contributed by atoms with Crippen LogP contribution in [0, 0.1) is 19.8 Å². The van der Waals surface area contributed by atoms with E-state index in [0.29, 0.717) is 25.9 Å². The summed E-state index contributed by atoms with van der Waals surface area (Å²) in [7, 11) is 1.63. The number of H-pyrrole nitrogens is 1. The summed E-state index contributed by atoms with van der Waals surface area (Å²) >= 11 is 0. The van der Waals surface area contributed by atoms with E-state index in [-0.39, 0.29) is 17.5 Å². The Balaban J connectivity index is 1.45. The van der Waals surface area contributed by atoms with Gasteiger partial charge in [0.05, 0.1) is 23.5 Å². The Morgan fingerprint density at radius 1 is 1.38 bits per heavy atom. The molecule has 0 bridgehead atoms. The van der Waals surface area contributed by atoms with Crippen LogP contribution in [0.1, 0.15) is 29.2 Å². The second-order valence-electron chi connectivity index (χ2n) is 6.97.